The van der Waals surface area contributed by atoms with E-state index in [2.05, 4.69) is 24.3 Å². The third kappa shape index (κ3) is 4.07. The second-order valence-corrected chi connectivity index (χ2v) is 8.85. The topological polar surface area (TPSA) is 79.2 Å². The van der Waals surface area contributed by atoms with E-state index in [0.717, 1.165) is 24.2 Å². The molecule has 5 nitrogen and oxygen atoms in total. The smallest absolute Gasteiger partial charge is 0.119 e. The van der Waals surface area contributed by atoms with E-state index in [1.54, 1.807) is 7.11 Å². The Balaban J connectivity index is 1.45. The zero-order valence-corrected chi connectivity index (χ0v) is 16.6. The summed E-state index contributed by atoms with van der Waals surface area (Å²) in [6, 6.07) is 14.5. The van der Waals surface area contributed by atoms with Crippen LogP contribution in [0.2, 0.25) is 0 Å². The highest BCUT2D eigenvalue weighted by Gasteiger charge is 2.37. The van der Waals surface area contributed by atoms with Crippen LogP contribution in [0.15, 0.2) is 47.4 Å². The fourth-order valence-electron chi connectivity index (χ4n) is 4.04. The van der Waals surface area contributed by atoms with E-state index in [0.29, 0.717) is 11.7 Å². The predicted molar refractivity (Wildman–Crippen MR) is 108 cm³/mol. The van der Waals surface area contributed by atoms with E-state index in [1.807, 2.05) is 30.0 Å². The van der Waals surface area contributed by atoms with Gasteiger partial charge in [-0.05, 0) is 47.7 Å². The van der Waals surface area contributed by atoms with Crippen LogP contribution in [0.4, 0.5) is 0 Å². The summed E-state index contributed by atoms with van der Waals surface area (Å²) in [7, 11) is 1.69. The summed E-state index contributed by atoms with van der Waals surface area (Å²) in [6.45, 7) is -0.311. The zero-order valence-electron chi connectivity index (χ0n) is 15.8. The number of rotatable bonds is 5. The van der Waals surface area contributed by atoms with Crippen molar-refractivity contribution in [1.29, 1.82) is 0 Å². The molecule has 0 radical (unpaired) electrons. The number of aliphatic hydroxyl groups is 3. The number of fused-ring (bicyclic) bond motifs is 1. The zero-order chi connectivity index (χ0) is 19.7. The van der Waals surface area contributed by atoms with Crippen LogP contribution in [0, 0.1) is 0 Å². The highest BCUT2D eigenvalue weighted by molar-refractivity contribution is 8.00. The Morgan fingerprint density at radius 2 is 2.04 bits per heavy atom. The van der Waals surface area contributed by atoms with Gasteiger partial charge in [0.15, 0.2) is 0 Å². The van der Waals surface area contributed by atoms with Crippen molar-refractivity contribution in [3.8, 4) is 5.75 Å². The third-order valence-electron chi connectivity index (χ3n) is 5.54. The average molecular weight is 403 g/mol. The summed E-state index contributed by atoms with van der Waals surface area (Å²) >= 11 is 1.90. The van der Waals surface area contributed by atoms with Gasteiger partial charge in [0.1, 0.15) is 18.0 Å². The van der Waals surface area contributed by atoms with Crippen LogP contribution in [0.1, 0.15) is 29.2 Å². The van der Waals surface area contributed by atoms with Crippen molar-refractivity contribution >= 4 is 11.8 Å². The minimum absolute atomic E-state index is 0.311. The molecule has 1 saturated heterocycles. The van der Waals surface area contributed by atoms with Crippen molar-refractivity contribution in [3.05, 3.63) is 59.2 Å². The third-order valence-corrected chi connectivity index (χ3v) is 6.86. The lowest BCUT2D eigenvalue weighted by molar-refractivity contribution is -0.181. The highest BCUT2D eigenvalue weighted by Crippen LogP contribution is 2.40. The highest BCUT2D eigenvalue weighted by atomic mass is 32.2. The summed E-state index contributed by atoms with van der Waals surface area (Å²) in [4.78, 5) is 1.32. The lowest BCUT2D eigenvalue weighted by Gasteiger charge is -2.36. The van der Waals surface area contributed by atoms with Gasteiger partial charge in [-0.25, -0.2) is 0 Å². The fourth-order valence-corrected chi connectivity index (χ4v) is 5.38. The molecule has 0 aliphatic carbocycles. The lowest BCUT2D eigenvalue weighted by atomic mass is 9.92. The Labute approximate surface area is 169 Å². The number of hydrogen-bond acceptors (Lipinski definition) is 6. The van der Waals surface area contributed by atoms with Crippen LogP contribution in [0.5, 0.6) is 5.75 Å². The first-order chi connectivity index (χ1) is 13.6. The number of hydrogen-bond donors (Lipinski definition) is 3. The van der Waals surface area contributed by atoms with Crippen molar-refractivity contribution in [2.24, 2.45) is 0 Å². The molecule has 1 fully saturated rings. The fraction of sp³-hybridized carbons (Fsp3) is 0.455. The summed E-state index contributed by atoms with van der Waals surface area (Å²) < 4.78 is 11.2. The minimum Gasteiger partial charge on any atom is -0.497 e. The first-order valence-electron chi connectivity index (χ1n) is 9.62. The van der Waals surface area contributed by atoms with Crippen molar-refractivity contribution in [2.45, 2.75) is 53.8 Å². The maximum atomic E-state index is 10.1. The number of thioether (sulfide) groups is 1. The maximum Gasteiger partial charge on any atom is 0.119 e. The van der Waals surface area contributed by atoms with Crippen LogP contribution >= 0.6 is 11.8 Å². The van der Waals surface area contributed by atoms with Gasteiger partial charge in [-0.1, -0.05) is 24.3 Å². The predicted octanol–water partition coefficient (Wildman–Crippen LogP) is 2.50. The van der Waals surface area contributed by atoms with Crippen molar-refractivity contribution in [1.82, 2.24) is 0 Å². The van der Waals surface area contributed by atoms with Gasteiger partial charge in [-0.15, -0.1) is 11.8 Å². The molecule has 0 spiro atoms. The molecule has 2 aliphatic heterocycles. The molecule has 0 amide bonds. The monoisotopic (exact) mass is 402 g/mol. The van der Waals surface area contributed by atoms with Crippen LogP contribution in [-0.4, -0.2) is 52.6 Å². The Morgan fingerprint density at radius 1 is 1.18 bits per heavy atom. The molecular formula is C22H26O5S. The average Bonchev–Trinajstić information content (AvgIpc) is 3.11. The largest absolute Gasteiger partial charge is 0.497 e. The standard InChI is InChI=1S/C22H26O5S/c1-26-16-5-6-21-15(9-16)10-17(28-21)8-13-3-2-4-14(7-13)19-11-18(24)22(25)20(12-23)27-19/h2-7,9,17-20,22-25H,8,10-12H2,1H3/t17?,18-,19?,20-,22+/m1/s1. The Kier molecular flexibility index (Phi) is 5.94. The second-order valence-electron chi connectivity index (χ2n) is 7.51. The minimum atomic E-state index is -1.05. The molecule has 5 atom stereocenters. The molecule has 4 rings (SSSR count). The number of aliphatic hydroxyl groups excluding tert-OH is 3. The molecule has 2 aromatic rings. The van der Waals surface area contributed by atoms with Crippen LogP contribution in [0.3, 0.4) is 0 Å². The van der Waals surface area contributed by atoms with E-state index >= 15 is 0 Å². The molecule has 2 aromatic carbocycles. The maximum absolute atomic E-state index is 10.1. The summed E-state index contributed by atoms with van der Waals surface area (Å²) in [5.41, 5.74) is 3.53. The van der Waals surface area contributed by atoms with Gasteiger partial charge in [-0.2, -0.15) is 0 Å². The molecule has 2 aliphatic rings. The Morgan fingerprint density at radius 3 is 2.82 bits per heavy atom. The summed E-state index contributed by atoms with van der Waals surface area (Å²) in [5.74, 6) is 0.899. The molecule has 2 heterocycles. The van der Waals surface area contributed by atoms with E-state index in [9.17, 15) is 15.3 Å². The lowest BCUT2D eigenvalue weighted by Crippen LogP contribution is -2.47. The first kappa shape index (κ1) is 19.7. The van der Waals surface area contributed by atoms with E-state index < -0.39 is 18.3 Å². The van der Waals surface area contributed by atoms with Gasteiger partial charge in [0.25, 0.3) is 0 Å². The molecule has 0 saturated carbocycles. The van der Waals surface area contributed by atoms with Crippen molar-refractivity contribution < 1.29 is 24.8 Å². The molecule has 150 valence electrons. The molecule has 2 unspecified atom stereocenters. The van der Waals surface area contributed by atoms with Gasteiger partial charge in [0.2, 0.25) is 0 Å². The van der Waals surface area contributed by atoms with E-state index in [1.165, 1.54) is 16.0 Å². The SMILES string of the molecule is COc1ccc2c(c1)CC(Cc1cccc(C3C[C@@H](O)[C@H](O)[C@@H](CO)O3)c1)S2. The van der Waals surface area contributed by atoms with Crippen LogP contribution in [-0.2, 0) is 17.6 Å². The Hall–Kier alpha value is -1.57. The molecule has 0 aromatic heterocycles. The summed E-state index contributed by atoms with van der Waals surface area (Å²) in [6.07, 6.45) is -0.745. The number of benzene rings is 2. The van der Waals surface area contributed by atoms with Crippen molar-refractivity contribution in [3.63, 3.8) is 0 Å². The number of ether oxygens (including phenoxy) is 2. The quantitative estimate of drug-likeness (QED) is 0.713. The van der Waals surface area contributed by atoms with E-state index in [-0.39, 0.29) is 12.7 Å². The second kappa shape index (κ2) is 8.43. The first-order valence-corrected chi connectivity index (χ1v) is 10.5. The molecule has 6 heteroatoms. The van der Waals surface area contributed by atoms with Gasteiger partial charge in [0, 0.05) is 16.6 Å². The van der Waals surface area contributed by atoms with Gasteiger partial charge >= 0.3 is 0 Å². The number of methoxy groups -OCH3 is 1. The normalized spacial score (nSPS) is 29.5. The van der Waals surface area contributed by atoms with Crippen LogP contribution in [0.25, 0.3) is 0 Å². The molecule has 0 bridgehead atoms. The van der Waals surface area contributed by atoms with Gasteiger partial charge in [0.05, 0.1) is 25.9 Å². The van der Waals surface area contributed by atoms with Crippen molar-refractivity contribution in [2.75, 3.05) is 13.7 Å². The van der Waals surface area contributed by atoms with E-state index in [4.69, 9.17) is 9.47 Å². The Bertz CT molecular complexity index is 826. The van der Waals surface area contributed by atoms with Crippen LogP contribution < -0.4 is 4.74 Å². The summed E-state index contributed by atoms with van der Waals surface area (Å²) in [5, 5.41) is 29.9. The molecule has 3 N–H and O–H groups in total. The molecular weight excluding hydrogens is 376 g/mol. The van der Waals surface area contributed by atoms with Gasteiger partial charge < -0.3 is 24.8 Å². The van der Waals surface area contributed by atoms with Gasteiger partial charge in [-0.3, -0.25) is 0 Å². The molecule has 28 heavy (non-hydrogen) atoms.